The Morgan fingerprint density at radius 3 is 2.35 bits per heavy atom. The van der Waals surface area contributed by atoms with Crippen LogP contribution in [0, 0.1) is 0 Å². The Kier molecular flexibility index (Phi) is 8.32. The zero-order chi connectivity index (χ0) is 22.2. The number of carbonyl (C=O) groups is 1. The second kappa shape index (κ2) is 11.2. The molecule has 0 saturated carbocycles. The first-order valence-corrected chi connectivity index (χ1v) is 11.0. The summed E-state index contributed by atoms with van der Waals surface area (Å²) in [6, 6.07) is 16.2. The van der Waals surface area contributed by atoms with Crippen molar-refractivity contribution in [3.63, 3.8) is 0 Å². The van der Waals surface area contributed by atoms with Crippen LogP contribution in [0.4, 0.5) is 11.4 Å². The van der Waals surface area contributed by atoms with Gasteiger partial charge < -0.3 is 19.7 Å². The molecule has 1 amide bonds. The molecule has 168 valence electrons. The third-order valence-electron chi connectivity index (χ3n) is 5.51. The number of aryl methyl sites for hydroxylation is 1. The van der Waals surface area contributed by atoms with Crippen LogP contribution in [0.1, 0.15) is 25.8 Å². The average Bonchev–Trinajstić information content (AvgIpc) is 2.74. The fraction of sp³-hybridized carbons (Fsp3) is 0.480. The molecule has 1 aliphatic rings. The van der Waals surface area contributed by atoms with E-state index in [0.29, 0.717) is 6.54 Å². The highest BCUT2D eigenvalue weighted by molar-refractivity contribution is 5.92. The molecule has 0 radical (unpaired) electrons. The lowest BCUT2D eigenvalue weighted by Gasteiger charge is -2.36. The van der Waals surface area contributed by atoms with Gasteiger partial charge in [0.1, 0.15) is 5.75 Å². The molecule has 2 aromatic carbocycles. The molecule has 2 unspecified atom stereocenters. The highest BCUT2D eigenvalue weighted by Crippen LogP contribution is 2.22. The number of hydrogen-bond acceptors (Lipinski definition) is 5. The molecule has 31 heavy (non-hydrogen) atoms. The fourth-order valence-corrected chi connectivity index (χ4v) is 4.01. The van der Waals surface area contributed by atoms with Crippen molar-refractivity contribution in [1.29, 1.82) is 0 Å². The lowest BCUT2D eigenvalue weighted by molar-refractivity contribution is -0.117. The highest BCUT2D eigenvalue weighted by Gasteiger charge is 2.22. The molecule has 2 aromatic rings. The second-order valence-electron chi connectivity index (χ2n) is 8.45. The van der Waals surface area contributed by atoms with Gasteiger partial charge in [0.25, 0.3) is 0 Å². The predicted molar refractivity (Wildman–Crippen MR) is 126 cm³/mol. The molecule has 1 saturated heterocycles. The summed E-state index contributed by atoms with van der Waals surface area (Å²) in [4.78, 5) is 16.8. The maximum Gasteiger partial charge on any atom is 0.238 e. The van der Waals surface area contributed by atoms with Crippen LogP contribution >= 0.6 is 0 Å². The van der Waals surface area contributed by atoms with Gasteiger partial charge in [-0.3, -0.25) is 9.69 Å². The zero-order valence-electron chi connectivity index (χ0n) is 19.1. The minimum Gasteiger partial charge on any atom is -0.497 e. The lowest BCUT2D eigenvalue weighted by Crippen LogP contribution is -2.45. The van der Waals surface area contributed by atoms with Gasteiger partial charge in [-0.2, -0.15) is 0 Å². The van der Waals surface area contributed by atoms with Gasteiger partial charge in [-0.15, -0.1) is 0 Å². The number of methoxy groups -OCH3 is 1. The van der Waals surface area contributed by atoms with E-state index in [1.54, 1.807) is 7.11 Å². The molecule has 1 fully saturated rings. The van der Waals surface area contributed by atoms with Gasteiger partial charge in [-0.05, 0) is 82.2 Å². The Bertz CT molecular complexity index is 813. The summed E-state index contributed by atoms with van der Waals surface area (Å²) >= 11 is 0. The summed E-state index contributed by atoms with van der Waals surface area (Å²) in [6.45, 7) is 7.22. The van der Waals surface area contributed by atoms with Gasteiger partial charge in [-0.25, -0.2) is 0 Å². The van der Waals surface area contributed by atoms with Gasteiger partial charge in [0.15, 0.2) is 0 Å². The van der Waals surface area contributed by atoms with Crippen LogP contribution in [-0.2, 0) is 16.0 Å². The SMILES string of the molecule is COc1ccc(CCCN(C)CC(=O)Nc2ccc(N3CC(C)OC(C)C3)cc2)cc1. The maximum absolute atomic E-state index is 12.4. The van der Waals surface area contributed by atoms with Crippen LogP contribution in [0.3, 0.4) is 0 Å². The van der Waals surface area contributed by atoms with Crippen molar-refractivity contribution in [2.75, 3.05) is 50.6 Å². The van der Waals surface area contributed by atoms with Crippen molar-refractivity contribution in [1.82, 2.24) is 4.90 Å². The van der Waals surface area contributed by atoms with Gasteiger partial charge in [-0.1, -0.05) is 12.1 Å². The number of nitrogens with zero attached hydrogens (tertiary/aromatic N) is 2. The van der Waals surface area contributed by atoms with Gasteiger partial charge in [0.05, 0.1) is 25.9 Å². The summed E-state index contributed by atoms with van der Waals surface area (Å²) in [7, 11) is 3.66. The Balaban J connectivity index is 1.40. The van der Waals surface area contributed by atoms with Gasteiger partial charge in [0.2, 0.25) is 5.91 Å². The van der Waals surface area contributed by atoms with Gasteiger partial charge >= 0.3 is 0 Å². The summed E-state index contributed by atoms with van der Waals surface area (Å²) in [5.41, 5.74) is 3.27. The van der Waals surface area contributed by atoms with Crippen molar-refractivity contribution in [3.8, 4) is 5.75 Å². The van der Waals surface area contributed by atoms with Crippen LogP contribution in [0.2, 0.25) is 0 Å². The van der Waals surface area contributed by atoms with E-state index < -0.39 is 0 Å². The standard InChI is InChI=1S/C25H35N3O3/c1-19-16-28(17-20(2)31-19)23-11-9-22(10-12-23)26-25(29)18-27(3)15-5-6-21-7-13-24(30-4)14-8-21/h7-14,19-20H,5-6,15-18H2,1-4H3,(H,26,29). The minimum atomic E-state index is 0.00770. The predicted octanol–water partition coefficient (Wildman–Crippen LogP) is 3.81. The molecule has 6 nitrogen and oxygen atoms in total. The smallest absolute Gasteiger partial charge is 0.238 e. The molecule has 3 rings (SSSR count). The average molecular weight is 426 g/mol. The molecule has 1 aliphatic heterocycles. The van der Waals surface area contributed by atoms with E-state index in [1.807, 2.05) is 31.3 Å². The van der Waals surface area contributed by atoms with E-state index in [1.165, 1.54) is 5.56 Å². The van der Waals surface area contributed by atoms with E-state index >= 15 is 0 Å². The quantitative estimate of drug-likeness (QED) is 0.662. The van der Waals surface area contributed by atoms with Crippen molar-refractivity contribution < 1.29 is 14.3 Å². The molecule has 0 aromatic heterocycles. The molecule has 0 spiro atoms. The molecule has 6 heteroatoms. The number of hydrogen-bond donors (Lipinski definition) is 1. The lowest BCUT2D eigenvalue weighted by atomic mass is 10.1. The first-order valence-electron chi connectivity index (χ1n) is 11.0. The minimum absolute atomic E-state index is 0.00770. The third kappa shape index (κ3) is 7.26. The number of rotatable bonds is 9. The first kappa shape index (κ1) is 23.1. The molecule has 0 aliphatic carbocycles. The molecule has 1 heterocycles. The molecule has 1 N–H and O–H groups in total. The van der Waals surface area contributed by atoms with Crippen LogP contribution in [0.5, 0.6) is 5.75 Å². The Morgan fingerprint density at radius 1 is 1.10 bits per heavy atom. The Labute approximate surface area is 186 Å². The molecule has 2 atom stereocenters. The first-order chi connectivity index (χ1) is 14.9. The van der Waals surface area contributed by atoms with Crippen LogP contribution < -0.4 is 15.0 Å². The molecule has 0 bridgehead atoms. The van der Waals surface area contributed by atoms with E-state index in [0.717, 1.165) is 49.6 Å². The fourth-order valence-electron chi connectivity index (χ4n) is 4.01. The van der Waals surface area contributed by atoms with Crippen LogP contribution in [-0.4, -0.2) is 63.4 Å². The van der Waals surface area contributed by atoms with Crippen molar-refractivity contribution in [3.05, 3.63) is 54.1 Å². The molecular formula is C25H35N3O3. The number of likely N-dealkylation sites (N-methyl/N-ethyl adjacent to an activating group) is 1. The van der Waals surface area contributed by atoms with Crippen LogP contribution in [0.25, 0.3) is 0 Å². The number of nitrogens with one attached hydrogen (secondary N) is 1. The number of anilines is 2. The highest BCUT2D eigenvalue weighted by atomic mass is 16.5. The van der Waals surface area contributed by atoms with Crippen molar-refractivity contribution in [2.24, 2.45) is 0 Å². The number of benzene rings is 2. The topological polar surface area (TPSA) is 54.0 Å². The van der Waals surface area contributed by atoms with Crippen molar-refractivity contribution in [2.45, 2.75) is 38.9 Å². The van der Waals surface area contributed by atoms with Gasteiger partial charge in [0, 0.05) is 24.5 Å². The summed E-state index contributed by atoms with van der Waals surface area (Å²) in [6.07, 6.45) is 2.43. The summed E-state index contributed by atoms with van der Waals surface area (Å²) < 4.78 is 11.0. The Hall–Kier alpha value is -2.57. The van der Waals surface area contributed by atoms with Crippen molar-refractivity contribution >= 4 is 17.3 Å². The zero-order valence-corrected chi connectivity index (χ0v) is 19.1. The normalized spacial score (nSPS) is 18.8. The van der Waals surface area contributed by atoms with E-state index in [9.17, 15) is 4.79 Å². The number of morpholine rings is 1. The van der Waals surface area contributed by atoms with E-state index in [-0.39, 0.29) is 18.1 Å². The second-order valence-corrected chi connectivity index (χ2v) is 8.45. The Morgan fingerprint density at radius 2 is 1.74 bits per heavy atom. The number of amides is 1. The van der Waals surface area contributed by atoms with E-state index in [4.69, 9.17) is 9.47 Å². The largest absolute Gasteiger partial charge is 0.497 e. The third-order valence-corrected chi connectivity index (χ3v) is 5.51. The van der Waals surface area contributed by atoms with Crippen LogP contribution in [0.15, 0.2) is 48.5 Å². The number of ether oxygens (including phenoxy) is 2. The monoisotopic (exact) mass is 425 g/mol. The molecular weight excluding hydrogens is 390 g/mol. The summed E-state index contributed by atoms with van der Waals surface area (Å²) in [5.74, 6) is 0.882. The summed E-state index contributed by atoms with van der Waals surface area (Å²) in [5, 5.41) is 3.00. The number of carbonyl (C=O) groups excluding carboxylic acids is 1. The maximum atomic E-state index is 12.4. The van der Waals surface area contributed by atoms with E-state index in [2.05, 4.69) is 53.2 Å².